The van der Waals surface area contributed by atoms with Crippen LogP contribution in [0.5, 0.6) is 0 Å². The molecule has 0 fully saturated rings. The van der Waals surface area contributed by atoms with Crippen molar-refractivity contribution in [1.29, 1.82) is 0 Å². The molecule has 0 heterocycles. The van der Waals surface area contributed by atoms with E-state index in [9.17, 15) is 24.5 Å². The molecular weight excluding hydrogens is 342 g/mol. The van der Waals surface area contributed by atoms with Gasteiger partial charge in [0.1, 0.15) is 0 Å². The second kappa shape index (κ2) is 8.93. The predicted molar refractivity (Wildman–Crippen MR) is 93.9 cm³/mol. The number of nitro groups is 1. The molecule has 1 rings (SSSR count). The molecule has 9 heteroatoms. The van der Waals surface area contributed by atoms with Crippen LogP contribution in [0.3, 0.4) is 0 Å². The van der Waals surface area contributed by atoms with Crippen LogP contribution in [0.1, 0.15) is 49.0 Å². The number of rotatable bonds is 9. The maximum atomic E-state index is 12.1. The fourth-order valence-corrected chi connectivity index (χ4v) is 2.61. The summed E-state index contributed by atoms with van der Waals surface area (Å²) in [5, 5.41) is 24.9. The van der Waals surface area contributed by atoms with Gasteiger partial charge in [-0.2, -0.15) is 0 Å². The largest absolute Gasteiger partial charge is 0.481 e. The summed E-state index contributed by atoms with van der Waals surface area (Å²) in [6.07, 6.45) is 0.676. The van der Waals surface area contributed by atoms with E-state index in [1.807, 2.05) is 0 Å². The van der Waals surface area contributed by atoms with Gasteiger partial charge in [0.05, 0.1) is 23.4 Å². The van der Waals surface area contributed by atoms with Gasteiger partial charge in [-0.05, 0) is 31.9 Å². The van der Waals surface area contributed by atoms with Gasteiger partial charge in [0.25, 0.3) is 11.6 Å². The summed E-state index contributed by atoms with van der Waals surface area (Å²) >= 11 is 0. The Kier molecular flexibility index (Phi) is 7.24. The molecule has 0 aliphatic heterocycles. The van der Waals surface area contributed by atoms with Crippen LogP contribution in [-0.2, 0) is 9.59 Å². The van der Waals surface area contributed by atoms with E-state index in [1.54, 1.807) is 13.8 Å². The number of aliphatic carboxylic acids is 1. The highest BCUT2D eigenvalue weighted by molar-refractivity contribution is 5.97. The van der Waals surface area contributed by atoms with Gasteiger partial charge < -0.3 is 15.7 Å². The van der Waals surface area contributed by atoms with Crippen LogP contribution in [0.25, 0.3) is 0 Å². The Morgan fingerprint density at radius 1 is 1.23 bits per heavy atom. The summed E-state index contributed by atoms with van der Waals surface area (Å²) in [5.41, 5.74) is -0.422. The highest BCUT2D eigenvalue weighted by atomic mass is 16.6. The molecule has 0 saturated heterocycles. The minimum atomic E-state index is -1.01. The van der Waals surface area contributed by atoms with Crippen molar-refractivity contribution >= 4 is 23.5 Å². The van der Waals surface area contributed by atoms with Gasteiger partial charge >= 0.3 is 5.97 Å². The fourth-order valence-electron chi connectivity index (χ4n) is 2.61. The second-order valence-electron chi connectivity index (χ2n) is 6.05. The van der Waals surface area contributed by atoms with Crippen molar-refractivity contribution in [2.75, 3.05) is 6.54 Å². The third-order valence-electron chi connectivity index (χ3n) is 4.31. The van der Waals surface area contributed by atoms with Gasteiger partial charge in [-0.15, -0.1) is 0 Å². The van der Waals surface area contributed by atoms with Crippen LogP contribution in [-0.4, -0.2) is 39.9 Å². The molecular formula is C17H23N3O6. The van der Waals surface area contributed by atoms with Gasteiger partial charge in [0.2, 0.25) is 5.91 Å². The number of nitrogens with one attached hydrogen (secondary N) is 2. The maximum Gasteiger partial charge on any atom is 0.305 e. The number of nitrogens with zero attached hydrogens (tertiary/aromatic N) is 1. The Morgan fingerprint density at radius 2 is 1.85 bits per heavy atom. The summed E-state index contributed by atoms with van der Waals surface area (Å²) in [6.45, 7) is 4.76. The summed E-state index contributed by atoms with van der Waals surface area (Å²) in [7, 11) is 0. The molecule has 1 aromatic rings. The normalized spacial score (nSPS) is 10.9. The molecule has 142 valence electrons. The summed E-state index contributed by atoms with van der Waals surface area (Å²) in [4.78, 5) is 45.5. The quantitative estimate of drug-likeness (QED) is 0.450. The molecule has 9 nitrogen and oxygen atoms in total. The van der Waals surface area contributed by atoms with Crippen LogP contribution >= 0.6 is 0 Å². The number of carbonyl (C=O) groups is 3. The van der Waals surface area contributed by atoms with Gasteiger partial charge in [0, 0.05) is 17.2 Å². The van der Waals surface area contributed by atoms with Crippen molar-refractivity contribution in [2.45, 2.75) is 45.6 Å². The first-order valence-electron chi connectivity index (χ1n) is 8.20. The lowest BCUT2D eigenvalue weighted by atomic mass is 9.89. The molecule has 0 bridgehead atoms. The smallest absolute Gasteiger partial charge is 0.305 e. The van der Waals surface area contributed by atoms with Crippen LogP contribution in [0, 0.1) is 17.0 Å². The molecule has 0 unspecified atom stereocenters. The zero-order valence-electron chi connectivity index (χ0n) is 15.0. The lowest BCUT2D eigenvalue weighted by Gasteiger charge is -2.31. The lowest BCUT2D eigenvalue weighted by molar-refractivity contribution is -0.385. The van der Waals surface area contributed by atoms with Gasteiger partial charge in [0.15, 0.2) is 0 Å². The van der Waals surface area contributed by atoms with Crippen LogP contribution in [0.4, 0.5) is 5.69 Å². The van der Waals surface area contributed by atoms with E-state index in [0.717, 1.165) is 0 Å². The number of carboxylic acid groups (broad SMARTS) is 1. The molecule has 0 spiro atoms. The van der Waals surface area contributed by atoms with Crippen molar-refractivity contribution in [1.82, 2.24) is 10.6 Å². The number of nitro benzene ring substituents is 1. The molecule has 0 radical (unpaired) electrons. The molecule has 0 aliphatic rings. The number of hydrogen-bond donors (Lipinski definition) is 3. The minimum absolute atomic E-state index is 0.0939. The number of hydrogen-bond acceptors (Lipinski definition) is 5. The number of carboxylic acids is 1. The van der Waals surface area contributed by atoms with Crippen LogP contribution in [0.15, 0.2) is 18.2 Å². The van der Waals surface area contributed by atoms with Crippen molar-refractivity contribution in [2.24, 2.45) is 0 Å². The maximum absolute atomic E-state index is 12.1. The third-order valence-corrected chi connectivity index (χ3v) is 4.31. The minimum Gasteiger partial charge on any atom is -0.481 e. The van der Waals surface area contributed by atoms with Gasteiger partial charge in [-0.3, -0.25) is 24.5 Å². The van der Waals surface area contributed by atoms with Gasteiger partial charge in [-0.25, -0.2) is 0 Å². The van der Waals surface area contributed by atoms with Crippen molar-refractivity contribution < 1.29 is 24.4 Å². The van der Waals surface area contributed by atoms with E-state index in [4.69, 9.17) is 5.11 Å². The highest BCUT2D eigenvalue weighted by Crippen LogP contribution is 2.20. The lowest BCUT2D eigenvalue weighted by Crippen LogP contribution is -2.52. The monoisotopic (exact) mass is 365 g/mol. The molecule has 0 atom stereocenters. The van der Waals surface area contributed by atoms with E-state index < -0.39 is 28.2 Å². The van der Waals surface area contributed by atoms with Crippen molar-refractivity contribution in [3.63, 3.8) is 0 Å². The average Bonchev–Trinajstić information content (AvgIpc) is 2.58. The Labute approximate surface area is 150 Å². The second-order valence-corrected chi connectivity index (χ2v) is 6.05. The molecule has 1 aromatic carbocycles. The summed E-state index contributed by atoms with van der Waals surface area (Å²) in [5.74, 6) is -2.06. The molecule has 3 N–H and O–H groups in total. The Hall–Kier alpha value is -2.97. The van der Waals surface area contributed by atoms with Crippen LogP contribution in [0.2, 0.25) is 0 Å². The average molecular weight is 365 g/mol. The number of carbonyl (C=O) groups excluding carboxylic acids is 2. The van der Waals surface area contributed by atoms with E-state index >= 15 is 0 Å². The number of aryl methyl sites for hydroxylation is 1. The SMILES string of the molecule is CCC(CC)(CC(=O)O)NC(=O)CNC(=O)c1ccc([N+](=O)[O-])c(C)c1. The van der Waals surface area contributed by atoms with E-state index in [-0.39, 0.29) is 24.2 Å². The van der Waals surface area contributed by atoms with Gasteiger partial charge in [-0.1, -0.05) is 13.8 Å². The molecule has 0 saturated carbocycles. The first-order valence-corrected chi connectivity index (χ1v) is 8.20. The van der Waals surface area contributed by atoms with E-state index in [1.165, 1.54) is 25.1 Å². The molecule has 2 amide bonds. The highest BCUT2D eigenvalue weighted by Gasteiger charge is 2.30. The number of amides is 2. The van der Waals surface area contributed by atoms with E-state index in [2.05, 4.69) is 10.6 Å². The molecule has 26 heavy (non-hydrogen) atoms. The number of benzene rings is 1. The third kappa shape index (κ3) is 5.54. The fraction of sp³-hybridized carbons (Fsp3) is 0.471. The van der Waals surface area contributed by atoms with Crippen molar-refractivity contribution in [3.05, 3.63) is 39.4 Å². The Bertz CT molecular complexity index is 712. The first kappa shape index (κ1) is 21.1. The summed E-state index contributed by atoms with van der Waals surface area (Å²) in [6, 6.07) is 3.92. The molecule has 0 aliphatic carbocycles. The zero-order chi connectivity index (χ0) is 19.9. The first-order chi connectivity index (χ1) is 12.1. The van der Waals surface area contributed by atoms with E-state index in [0.29, 0.717) is 18.4 Å². The molecule has 0 aromatic heterocycles. The zero-order valence-corrected chi connectivity index (χ0v) is 15.0. The predicted octanol–water partition coefficient (Wildman–Crippen LogP) is 1.78. The summed E-state index contributed by atoms with van der Waals surface area (Å²) < 4.78 is 0. The Morgan fingerprint density at radius 3 is 2.31 bits per heavy atom. The van der Waals surface area contributed by atoms with Crippen molar-refractivity contribution in [3.8, 4) is 0 Å². The Balaban J connectivity index is 2.72. The topological polar surface area (TPSA) is 139 Å². The standard InChI is InChI=1S/C17H23N3O6/c1-4-17(5-2,9-15(22)23)19-14(21)10-18-16(24)12-6-7-13(20(25)26)11(3)8-12/h6-8H,4-5,9-10H2,1-3H3,(H,18,24)(H,19,21)(H,22,23). The van der Waals surface area contributed by atoms with Crippen LogP contribution < -0.4 is 10.6 Å².